The molecule has 0 atom stereocenters. The number of carbonyl (C=O) groups excluding carboxylic acids is 2. The lowest BCUT2D eigenvalue weighted by molar-refractivity contribution is -0.114. The first-order valence-corrected chi connectivity index (χ1v) is 11.0. The normalized spacial score (nSPS) is 13.9. The van der Waals surface area contributed by atoms with Crippen LogP contribution in [-0.2, 0) is 4.79 Å². The molecule has 1 aromatic carbocycles. The van der Waals surface area contributed by atoms with Gasteiger partial charge in [-0.05, 0) is 66.6 Å². The van der Waals surface area contributed by atoms with E-state index < -0.39 is 12.0 Å². The molecule has 2 amide bonds. The smallest absolute Gasteiger partial charge is 0.408 e. The van der Waals surface area contributed by atoms with Gasteiger partial charge in [-0.2, -0.15) is 0 Å². The number of nitrogens with zero attached hydrogens (tertiary/aromatic N) is 5. The minimum absolute atomic E-state index is 0.230. The van der Waals surface area contributed by atoms with Gasteiger partial charge in [-0.25, -0.2) is 9.79 Å². The van der Waals surface area contributed by atoms with E-state index in [-0.39, 0.29) is 11.4 Å². The van der Waals surface area contributed by atoms with Gasteiger partial charge in [0.2, 0.25) is 0 Å². The molecule has 9 heteroatoms. The number of hydrogen-bond acceptors (Lipinski definition) is 6. The van der Waals surface area contributed by atoms with Crippen molar-refractivity contribution in [1.29, 1.82) is 0 Å². The number of aromatic nitrogens is 1. The van der Waals surface area contributed by atoms with Crippen LogP contribution in [-0.4, -0.2) is 54.5 Å². The van der Waals surface area contributed by atoms with Crippen molar-refractivity contribution in [3.63, 3.8) is 0 Å². The predicted octanol–water partition coefficient (Wildman–Crippen LogP) is 4.29. The van der Waals surface area contributed by atoms with Gasteiger partial charge in [-0.3, -0.25) is 14.8 Å². The number of para-hydroxylation sites is 1. The van der Waals surface area contributed by atoms with Gasteiger partial charge < -0.3 is 14.5 Å². The number of rotatable bonds is 4. The zero-order valence-electron chi connectivity index (χ0n) is 18.6. The summed E-state index contributed by atoms with van der Waals surface area (Å²) in [6.45, 7) is 6.30. The van der Waals surface area contributed by atoms with E-state index in [0.717, 1.165) is 16.8 Å². The zero-order chi connectivity index (χ0) is 23.4. The fourth-order valence-corrected chi connectivity index (χ4v) is 4.04. The minimum atomic E-state index is -0.545. The topological polar surface area (TPSA) is 87.5 Å². The summed E-state index contributed by atoms with van der Waals surface area (Å²) >= 11 is 2.14. The summed E-state index contributed by atoms with van der Waals surface area (Å²) in [4.78, 5) is 41.2. The minimum Gasteiger partial charge on any atom is -0.408 e. The average Bonchev–Trinajstić information content (AvgIpc) is 2.74. The van der Waals surface area contributed by atoms with Gasteiger partial charge in [-0.15, -0.1) is 0 Å². The molecule has 0 saturated heterocycles. The predicted molar refractivity (Wildman–Crippen MR) is 134 cm³/mol. The highest BCUT2D eigenvalue weighted by molar-refractivity contribution is 14.1. The third-order valence-corrected chi connectivity index (χ3v) is 5.87. The van der Waals surface area contributed by atoms with Crippen molar-refractivity contribution in [3.05, 3.63) is 62.8 Å². The molecule has 0 saturated carbocycles. The van der Waals surface area contributed by atoms with Gasteiger partial charge in [0, 0.05) is 32.2 Å². The molecule has 0 aliphatic carbocycles. The second-order valence-electron chi connectivity index (χ2n) is 7.42. The molecule has 32 heavy (non-hydrogen) atoms. The Hall–Kier alpha value is -3.08. The van der Waals surface area contributed by atoms with Crippen LogP contribution < -0.4 is 9.64 Å². The first-order chi connectivity index (χ1) is 15.2. The third kappa shape index (κ3) is 5.04. The molecular weight excluding hydrogens is 521 g/mol. The number of pyridine rings is 1. The second-order valence-corrected chi connectivity index (χ2v) is 8.44. The lowest BCUT2D eigenvalue weighted by Gasteiger charge is -2.29. The van der Waals surface area contributed by atoms with Crippen molar-refractivity contribution >= 4 is 52.2 Å². The van der Waals surface area contributed by atoms with Crippen LogP contribution in [0.4, 0.5) is 10.5 Å². The number of benzene rings is 1. The molecule has 3 rings (SSSR count). The number of halogens is 1. The largest absolute Gasteiger partial charge is 0.414 e. The van der Waals surface area contributed by atoms with E-state index in [1.54, 1.807) is 45.6 Å². The van der Waals surface area contributed by atoms with Crippen LogP contribution in [0, 0.1) is 13.8 Å². The summed E-state index contributed by atoms with van der Waals surface area (Å²) in [6, 6.07) is 9.35. The molecule has 0 fully saturated rings. The van der Waals surface area contributed by atoms with Crippen molar-refractivity contribution in [3.8, 4) is 5.75 Å². The Labute approximate surface area is 200 Å². The van der Waals surface area contributed by atoms with E-state index in [9.17, 15) is 9.59 Å². The molecule has 0 radical (unpaired) electrons. The van der Waals surface area contributed by atoms with E-state index in [1.165, 1.54) is 4.90 Å². The first-order valence-electron chi connectivity index (χ1n) is 9.91. The number of anilines is 1. The SMILES string of the molecule is CC(=NC(=O)C1=C(I)N(c2c(C)cccc2C)CC=N1)c1ncccc1OC(=O)N(C)C. The lowest BCUT2D eigenvalue weighted by Crippen LogP contribution is -2.29. The molecule has 1 aliphatic heterocycles. The van der Waals surface area contributed by atoms with Crippen LogP contribution in [0.2, 0.25) is 0 Å². The number of aryl methyl sites for hydroxylation is 2. The highest BCUT2D eigenvalue weighted by atomic mass is 127. The van der Waals surface area contributed by atoms with Crippen molar-refractivity contribution in [2.45, 2.75) is 20.8 Å². The summed E-state index contributed by atoms with van der Waals surface area (Å²) in [5.74, 6) is -0.261. The monoisotopic (exact) mass is 545 g/mol. The van der Waals surface area contributed by atoms with E-state index in [4.69, 9.17) is 4.74 Å². The Morgan fingerprint density at radius 2 is 1.84 bits per heavy atom. The number of hydrogen-bond donors (Lipinski definition) is 0. The van der Waals surface area contributed by atoms with Crippen molar-refractivity contribution < 1.29 is 14.3 Å². The van der Waals surface area contributed by atoms with Crippen LogP contribution in [0.5, 0.6) is 5.75 Å². The van der Waals surface area contributed by atoms with Gasteiger partial charge in [0.25, 0.3) is 5.91 Å². The number of amides is 2. The highest BCUT2D eigenvalue weighted by Crippen LogP contribution is 2.33. The fraction of sp³-hybridized carbons (Fsp3) is 0.261. The Morgan fingerprint density at radius 1 is 1.16 bits per heavy atom. The second kappa shape index (κ2) is 10.0. The summed E-state index contributed by atoms with van der Waals surface area (Å²) in [7, 11) is 3.17. The molecule has 2 heterocycles. The van der Waals surface area contributed by atoms with Crippen LogP contribution >= 0.6 is 22.6 Å². The van der Waals surface area contributed by atoms with E-state index in [0.29, 0.717) is 21.7 Å². The summed E-state index contributed by atoms with van der Waals surface area (Å²) in [5.41, 5.74) is 4.17. The molecule has 1 aromatic heterocycles. The summed E-state index contributed by atoms with van der Waals surface area (Å²) in [5, 5.41) is 0. The highest BCUT2D eigenvalue weighted by Gasteiger charge is 2.24. The summed E-state index contributed by atoms with van der Waals surface area (Å²) < 4.78 is 6.06. The van der Waals surface area contributed by atoms with E-state index in [1.807, 2.05) is 32.0 Å². The van der Waals surface area contributed by atoms with Crippen molar-refractivity contribution in [2.75, 3.05) is 25.5 Å². The van der Waals surface area contributed by atoms with Crippen molar-refractivity contribution in [1.82, 2.24) is 9.88 Å². The first kappa shape index (κ1) is 23.6. The molecular formula is C23H24IN5O3. The maximum atomic E-state index is 13.0. The molecule has 2 aromatic rings. The lowest BCUT2D eigenvalue weighted by atomic mass is 10.1. The molecule has 0 spiro atoms. The maximum absolute atomic E-state index is 13.0. The molecule has 0 N–H and O–H groups in total. The molecule has 1 aliphatic rings. The van der Waals surface area contributed by atoms with Crippen molar-refractivity contribution in [2.24, 2.45) is 9.98 Å². The van der Waals surface area contributed by atoms with Crippen LogP contribution in [0.3, 0.4) is 0 Å². The van der Waals surface area contributed by atoms with Crippen LogP contribution in [0.1, 0.15) is 23.7 Å². The standard InChI is InChI=1S/C23H24IN5O3/c1-14-8-6-9-15(2)20(14)29-13-12-26-19(21(29)24)22(30)27-16(3)18-17(10-7-11-25-18)32-23(31)28(4)5/h6-12H,13H2,1-5H3. The van der Waals surface area contributed by atoms with Gasteiger partial charge in [-0.1, -0.05) is 18.2 Å². The quantitative estimate of drug-likeness (QED) is 0.325. The Balaban J connectivity index is 1.94. The van der Waals surface area contributed by atoms with Gasteiger partial charge in [0.1, 0.15) is 9.40 Å². The molecule has 8 nitrogen and oxygen atoms in total. The third-order valence-electron chi connectivity index (χ3n) is 4.77. The Morgan fingerprint density at radius 3 is 2.50 bits per heavy atom. The maximum Gasteiger partial charge on any atom is 0.414 e. The molecule has 166 valence electrons. The molecule has 0 unspecified atom stereocenters. The van der Waals surface area contributed by atoms with Gasteiger partial charge >= 0.3 is 6.09 Å². The Bertz CT molecular complexity index is 1130. The van der Waals surface area contributed by atoms with Crippen LogP contribution in [0.25, 0.3) is 0 Å². The van der Waals surface area contributed by atoms with E-state index in [2.05, 4.69) is 42.5 Å². The summed E-state index contributed by atoms with van der Waals surface area (Å²) in [6.07, 6.45) is 2.71. The van der Waals surface area contributed by atoms with E-state index >= 15 is 0 Å². The van der Waals surface area contributed by atoms with Crippen LogP contribution in [0.15, 0.2) is 55.9 Å². The average molecular weight is 545 g/mol. The number of aliphatic imine (C=N–C) groups is 2. The number of carbonyl (C=O) groups is 2. The molecule has 0 bridgehead atoms. The number of ether oxygens (including phenoxy) is 1. The fourth-order valence-electron chi connectivity index (χ4n) is 3.23. The van der Waals surface area contributed by atoms with Gasteiger partial charge in [0.15, 0.2) is 11.4 Å². The van der Waals surface area contributed by atoms with Gasteiger partial charge in [0.05, 0.1) is 12.3 Å². The zero-order valence-corrected chi connectivity index (χ0v) is 20.7. The Kier molecular flexibility index (Phi) is 7.39.